The van der Waals surface area contributed by atoms with Gasteiger partial charge in [-0.15, -0.1) is 0 Å². The van der Waals surface area contributed by atoms with Gasteiger partial charge in [0, 0.05) is 0 Å². The summed E-state index contributed by atoms with van der Waals surface area (Å²) in [6, 6.07) is 10.4. The lowest BCUT2D eigenvalue weighted by Crippen LogP contribution is -2.02. The normalized spacial score (nSPS) is 11.1. The summed E-state index contributed by atoms with van der Waals surface area (Å²) < 4.78 is 50.2. The predicted molar refractivity (Wildman–Crippen MR) is 96.4 cm³/mol. The van der Waals surface area contributed by atoms with Crippen LogP contribution in [0.5, 0.6) is 11.5 Å². The second kappa shape index (κ2) is 10.5. The summed E-state index contributed by atoms with van der Waals surface area (Å²) in [7, 11) is 0. The van der Waals surface area contributed by atoms with Crippen LogP contribution in [0.3, 0.4) is 0 Å². The van der Waals surface area contributed by atoms with Gasteiger partial charge in [-0.3, -0.25) is 4.39 Å². The fourth-order valence-corrected chi connectivity index (χ4v) is 2.40. The Balaban J connectivity index is 1.89. The van der Waals surface area contributed by atoms with Gasteiger partial charge in [0.1, 0.15) is 6.61 Å². The van der Waals surface area contributed by atoms with Crippen molar-refractivity contribution in [1.29, 1.82) is 0 Å². The van der Waals surface area contributed by atoms with Crippen molar-refractivity contribution in [2.75, 3.05) is 13.3 Å². The molecule has 0 radical (unpaired) electrons. The average Bonchev–Trinajstić information content (AvgIpc) is 2.66. The van der Waals surface area contributed by atoms with Crippen molar-refractivity contribution in [2.45, 2.75) is 32.8 Å². The quantitative estimate of drug-likeness (QED) is 0.497. The zero-order valence-corrected chi connectivity index (χ0v) is 14.8. The molecule has 0 heterocycles. The average molecular weight is 364 g/mol. The van der Waals surface area contributed by atoms with Crippen LogP contribution in [0.1, 0.15) is 30.9 Å². The van der Waals surface area contributed by atoms with E-state index < -0.39 is 11.6 Å². The number of rotatable bonds is 10. The fourth-order valence-electron chi connectivity index (χ4n) is 2.40. The second-order valence-electron chi connectivity index (χ2n) is 5.72. The highest BCUT2D eigenvalue weighted by Crippen LogP contribution is 2.28. The first-order valence-corrected chi connectivity index (χ1v) is 8.68. The van der Waals surface area contributed by atoms with Gasteiger partial charge in [-0.25, -0.2) is 0 Å². The first kappa shape index (κ1) is 19.9. The molecule has 0 saturated carbocycles. The van der Waals surface area contributed by atoms with E-state index in [4.69, 9.17) is 9.47 Å². The minimum Gasteiger partial charge on any atom is -0.491 e. The molecule has 2 aromatic carbocycles. The van der Waals surface area contributed by atoms with Crippen LogP contribution >= 0.6 is 0 Å². The van der Waals surface area contributed by atoms with Crippen molar-refractivity contribution < 1.29 is 22.6 Å². The molecule has 0 unspecified atom stereocenters. The maximum atomic E-state index is 14.0. The summed E-state index contributed by atoms with van der Waals surface area (Å²) in [5.41, 5.74) is 2.01. The third-order valence-electron chi connectivity index (χ3n) is 3.77. The molecule has 2 nitrogen and oxygen atoms in total. The van der Waals surface area contributed by atoms with E-state index in [-0.39, 0.29) is 31.4 Å². The van der Waals surface area contributed by atoms with Gasteiger partial charge in [-0.1, -0.05) is 36.4 Å². The summed E-state index contributed by atoms with van der Waals surface area (Å²) in [5.74, 6) is -2.36. The molecule has 2 aromatic rings. The number of halogens is 3. The van der Waals surface area contributed by atoms with Gasteiger partial charge in [0.15, 0.2) is 11.5 Å². The van der Waals surface area contributed by atoms with Crippen molar-refractivity contribution in [3.8, 4) is 11.5 Å². The predicted octanol–water partition coefficient (Wildman–Crippen LogP) is 5.79. The molecule has 2 rings (SSSR count). The molecule has 0 bridgehead atoms. The summed E-state index contributed by atoms with van der Waals surface area (Å²) >= 11 is 0. The highest BCUT2D eigenvalue weighted by Gasteiger charge is 2.15. The van der Waals surface area contributed by atoms with Gasteiger partial charge in [-0.2, -0.15) is 8.78 Å². The van der Waals surface area contributed by atoms with Crippen LogP contribution in [0.2, 0.25) is 0 Å². The molecule has 26 heavy (non-hydrogen) atoms. The van der Waals surface area contributed by atoms with Gasteiger partial charge in [0.05, 0.1) is 13.3 Å². The van der Waals surface area contributed by atoms with E-state index in [2.05, 4.69) is 0 Å². The third-order valence-corrected chi connectivity index (χ3v) is 3.77. The molecule has 0 aliphatic carbocycles. The van der Waals surface area contributed by atoms with Gasteiger partial charge < -0.3 is 9.47 Å². The minimum absolute atomic E-state index is 0.123. The van der Waals surface area contributed by atoms with Gasteiger partial charge in [-0.05, 0) is 49.4 Å². The first-order valence-electron chi connectivity index (χ1n) is 8.68. The van der Waals surface area contributed by atoms with E-state index in [1.165, 1.54) is 12.1 Å². The van der Waals surface area contributed by atoms with E-state index >= 15 is 0 Å². The van der Waals surface area contributed by atoms with Gasteiger partial charge in [0.2, 0.25) is 11.6 Å². The van der Waals surface area contributed by atoms with E-state index in [0.717, 1.165) is 24.0 Å². The molecule has 0 spiro atoms. The monoisotopic (exact) mass is 364 g/mol. The minimum atomic E-state index is -1.05. The lowest BCUT2D eigenvalue weighted by Gasteiger charge is -2.11. The molecule has 5 heteroatoms. The molecular formula is C21H23F3O2. The molecule has 0 aliphatic rings. The molecule has 0 saturated heterocycles. The Kier molecular flexibility index (Phi) is 8.06. The maximum Gasteiger partial charge on any atom is 0.204 e. The number of allylic oxidation sites excluding steroid dienone is 2. The van der Waals surface area contributed by atoms with Gasteiger partial charge >= 0.3 is 0 Å². The number of hydrogen-bond donors (Lipinski definition) is 0. The number of alkyl halides is 1. The molecular weight excluding hydrogens is 341 g/mol. The van der Waals surface area contributed by atoms with Crippen molar-refractivity contribution in [3.05, 3.63) is 71.3 Å². The summed E-state index contributed by atoms with van der Waals surface area (Å²) in [6.45, 7) is 1.77. The Labute approximate surface area is 152 Å². The van der Waals surface area contributed by atoms with Gasteiger partial charge in [0.25, 0.3) is 0 Å². The Morgan fingerprint density at radius 3 is 2.00 bits per heavy atom. The van der Waals surface area contributed by atoms with Crippen LogP contribution in [0, 0.1) is 11.6 Å². The number of ether oxygens (including phenoxy) is 2. The SMILES string of the molecule is CCOc1ccc(OCc2ccc(CC/C=C/CCF)cc2)c(F)c1F. The van der Waals surface area contributed by atoms with Crippen LogP contribution < -0.4 is 9.47 Å². The van der Waals surface area contributed by atoms with E-state index in [1.54, 1.807) is 6.92 Å². The first-order chi connectivity index (χ1) is 12.7. The Bertz CT molecular complexity index is 712. The molecule has 140 valence electrons. The van der Waals surface area contributed by atoms with Crippen LogP contribution in [-0.2, 0) is 13.0 Å². The molecule has 0 N–H and O–H groups in total. The molecule has 0 fully saturated rings. The molecule has 0 aromatic heterocycles. The van der Waals surface area contributed by atoms with Crippen LogP contribution in [0.25, 0.3) is 0 Å². The van der Waals surface area contributed by atoms with Crippen molar-refractivity contribution in [1.82, 2.24) is 0 Å². The fraction of sp³-hybridized carbons (Fsp3) is 0.333. The Hall–Kier alpha value is -2.43. The lowest BCUT2D eigenvalue weighted by atomic mass is 10.1. The van der Waals surface area contributed by atoms with E-state index in [9.17, 15) is 13.2 Å². The zero-order valence-electron chi connectivity index (χ0n) is 14.8. The topological polar surface area (TPSA) is 18.5 Å². The van der Waals surface area contributed by atoms with Crippen molar-refractivity contribution in [3.63, 3.8) is 0 Å². The highest BCUT2D eigenvalue weighted by atomic mass is 19.2. The number of hydrogen-bond acceptors (Lipinski definition) is 2. The molecule has 0 amide bonds. The maximum absolute atomic E-state index is 14.0. The largest absolute Gasteiger partial charge is 0.491 e. The van der Waals surface area contributed by atoms with Crippen molar-refractivity contribution in [2.24, 2.45) is 0 Å². The standard InChI is InChI=1S/C21H23F3O2/c1-2-25-18-12-13-19(21(24)20(18)23)26-15-17-10-8-16(9-11-17)7-5-3-4-6-14-22/h3-4,8-13H,2,5-7,14-15H2,1H3/b4-3+. The lowest BCUT2D eigenvalue weighted by molar-refractivity contribution is 0.274. The summed E-state index contributed by atoms with van der Waals surface area (Å²) in [4.78, 5) is 0. The Morgan fingerprint density at radius 2 is 1.38 bits per heavy atom. The smallest absolute Gasteiger partial charge is 0.204 e. The van der Waals surface area contributed by atoms with E-state index in [0.29, 0.717) is 6.42 Å². The number of aryl methyl sites for hydroxylation is 1. The molecule has 0 atom stereocenters. The van der Waals surface area contributed by atoms with Crippen LogP contribution in [-0.4, -0.2) is 13.3 Å². The summed E-state index contributed by atoms with van der Waals surface area (Å²) in [6.07, 6.45) is 5.99. The summed E-state index contributed by atoms with van der Waals surface area (Å²) in [5, 5.41) is 0. The van der Waals surface area contributed by atoms with E-state index in [1.807, 2.05) is 36.4 Å². The van der Waals surface area contributed by atoms with Crippen LogP contribution in [0.15, 0.2) is 48.6 Å². The third kappa shape index (κ3) is 5.83. The zero-order chi connectivity index (χ0) is 18.8. The highest BCUT2D eigenvalue weighted by molar-refractivity contribution is 5.35. The number of benzene rings is 2. The molecule has 0 aliphatic heterocycles. The van der Waals surface area contributed by atoms with Crippen molar-refractivity contribution >= 4 is 0 Å². The second-order valence-corrected chi connectivity index (χ2v) is 5.72. The van der Waals surface area contributed by atoms with Crippen LogP contribution in [0.4, 0.5) is 13.2 Å². The Morgan fingerprint density at radius 1 is 0.808 bits per heavy atom.